The molecule has 0 N–H and O–H groups in total. The molecule has 2 saturated carbocycles. The van der Waals surface area contributed by atoms with Crippen LogP contribution < -0.4 is 0 Å². The fraction of sp³-hybridized carbons (Fsp3) is 0.562. The molecule has 0 amide bonds. The summed E-state index contributed by atoms with van der Waals surface area (Å²) in [5.74, 6) is 2.31. The van der Waals surface area contributed by atoms with Crippen molar-refractivity contribution in [2.75, 3.05) is 6.26 Å². The SMILES string of the molecule is CS(=O)(=O)c1ccc(C(=O)CC2CC3CCC2C3)cc1. The van der Waals surface area contributed by atoms with E-state index in [-0.39, 0.29) is 10.7 Å². The Kier molecular flexibility index (Phi) is 3.44. The van der Waals surface area contributed by atoms with Crippen molar-refractivity contribution in [2.24, 2.45) is 17.8 Å². The van der Waals surface area contributed by atoms with Crippen LogP contribution in [0.25, 0.3) is 0 Å². The molecule has 20 heavy (non-hydrogen) atoms. The van der Waals surface area contributed by atoms with Crippen LogP contribution in [-0.2, 0) is 9.84 Å². The lowest BCUT2D eigenvalue weighted by Crippen LogP contribution is -2.15. The topological polar surface area (TPSA) is 51.2 Å². The van der Waals surface area contributed by atoms with Gasteiger partial charge in [0.2, 0.25) is 0 Å². The molecule has 0 aliphatic heterocycles. The summed E-state index contributed by atoms with van der Waals surface area (Å²) in [6.07, 6.45) is 6.95. The largest absolute Gasteiger partial charge is 0.294 e. The van der Waals surface area contributed by atoms with Gasteiger partial charge in [-0.15, -0.1) is 0 Å². The number of carbonyl (C=O) groups excluding carboxylic acids is 1. The fourth-order valence-corrected chi connectivity index (χ4v) is 4.50. The maximum atomic E-state index is 12.3. The number of hydrogen-bond donors (Lipinski definition) is 0. The number of hydrogen-bond acceptors (Lipinski definition) is 3. The van der Waals surface area contributed by atoms with Gasteiger partial charge in [-0.25, -0.2) is 8.42 Å². The van der Waals surface area contributed by atoms with Gasteiger partial charge in [-0.05, 0) is 49.1 Å². The van der Waals surface area contributed by atoms with Gasteiger partial charge in [-0.2, -0.15) is 0 Å². The molecule has 1 aromatic rings. The van der Waals surface area contributed by atoms with E-state index in [1.165, 1.54) is 44.1 Å². The Morgan fingerprint density at radius 3 is 2.35 bits per heavy atom. The molecule has 2 fully saturated rings. The molecule has 3 rings (SSSR count). The molecule has 2 aliphatic rings. The summed E-state index contributed by atoms with van der Waals surface area (Å²) in [7, 11) is -3.19. The Morgan fingerprint density at radius 2 is 1.85 bits per heavy atom. The van der Waals surface area contributed by atoms with Crippen LogP contribution >= 0.6 is 0 Å². The Hall–Kier alpha value is -1.16. The predicted molar refractivity (Wildman–Crippen MR) is 77.4 cm³/mol. The minimum Gasteiger partial charge on any atom is -0.294 e. The van der Waals surface area contributed by atoms with E-state index in [4.69, 9.17) is 0 Å². The lowest BCUT2D eigenvalue weighted by Gasteiger charge is -2.20. The lowest BCUT2D eigenvalue weighted by molar-refractivity contribution is 0.0944. The van der Waals surface area contributed by atoms with Crippen molar-refractivity contribution in [1.29, 1.82) is 0 Å². The molecule has 0 radical (unpaired) electrons. The summed E-state index contributed by atoms with van der Waals surface area (Å²) in [5, 5.41) is 0. The third-order valence-corrected chi connectivity index (χ3v) is 6.07. The molecule has 0 heterocycles. The van der Waals surface area contributed by atoms with Crippen LogP contribution in [0.15, 0.2) is 29.2 Å². The first-order valence-corrected chi connectivity index (χ1v) is 9.16. The Balaban J connectivity index is 1.68. The number of ketones is 1. The van der Waals surface area contributed by atoms with Crippen molar-refractivity contribution in [3.8, 4) is 0 Å². The number of fused-ring (bicyclic) bond motifs is 2. The molecular weight excluding hydrogens is 272 g/mol. The van der Waals surface area contributed by atoms with Gasteiger partial charge < -0.3 is 0 Å². The van der Waals surface area contributed by atoms with Gasteiger partial charge in [0.05, 0.1) is 4.90 Å². The molecule has 3 unspecified atom stereocenters. The minimum atomic E-state index is -3.19. The Morgan fingerprint density at radius 1 is 1.15 bits per heavy atom. The highest BCUT2D eigenvalue weighted by Crippen LogP contribution is 2.49. The number of rotatable bonds is 4. The predicted octanol–water partition coefficient (Wildman–Crippen LogP) is 3.10. The van der Waals surface area contributed by atoms with Crippen molar-refractivity contribution in [3.05, 3.63) is 29.8 Å². The van der Waals surface area contributed by atoms with Gasteiger partial charge in [0.1, 0.15) is 0 Å². The summed E-state index contributed by atoms with van der Waals surface area (Å²) in [6.45, 7) is 0. The second kappa shape index (κ2) is 4.99. The number of benzene rings is 1. The molecule has 2 aliphatic carbocycles. The van der Waals surface area contributed by atoms with Crippen LogP contribution in [0.2, 0.25) is 0 Å². The molecule has 2 bridgehead atoms. The van der Waals surface area contributed by atoms with Gasteiger partial charge in [-0.1, -0.05) is 18.6 Å². The summed E-state index contributed by atoms with van der Waals surface area (Å²) in [5.41, 5.74) is 0.639. The summed E-state index contributed by atoms with van der Waals surface area (Å²) in [4.78, 5) is 12.6. The standard InChI is InChI=1S/C16H20O3S/c1-20(18,19)15-6-4-12(5-7-15)16(17)10-14-9-11-2-3-13(14)8-11/h4-7,11,13-14H,2-3,8-10H2,1H3. The van der Waals surface area contributed by atoms with E-state index in [0.29, 0.717) is 17.9 Å². The van der Waals surface area contributed by atoms with E-state index >= 15 is 0 Å². The molecule has 0 aromatic heterocycles. The quantitative estimate of drug-likeness (QED) is 0.801. The summed E-state index contributed by atoms with van der Waals surface area (Å²) in [6, 6.07) is 6.35. The van der Waals surface area contributed by atoms with Gasteiger partial charge >= 0.3 is 0 Å². The highest BCUT2D eigenvalue weighted by molar-refractivity contribution is 7.90. The molecule has 0 spiro atoms. The molecule has 3 atom stereocenters. The monoisotopic (exact) mass is 292 g/mol. The minimum absolute atomic E-state index is 0.155. The van der Waals surface area contributed by atoms with Crippen LogP contribution in [0.3, 0.4) is 0 Å². The molecule has 0 saturated heterocycles. The van der Waals surface area contributed by atoms with E-state index in [1.54, 1.807) is 12.1 Å². The molecule has 3 nitrogen and oxygen atoms in total. The second-order valence-corrected chi connectivity index (χ2v) is 8.37. The summed E-state index contributed by atoms with van der Waals surface area (Å²) < 4.78 is 22.8. The summed E-state index contributed by atoms with van der Waals surface area (Å²) >= 11 is 0. The van der Waals surface area contributed by atoms with Crippen LogP contribution in [0.5, 0.6) is 0 Å². The maximum Gasteiger partial charge on any atom is 0.175 e. The first-order valence-electron chi connectivity index (χ1n) is 7.27. The van der Waals surface area contributed by atoms with Gasteiger partial charge in [0, 0.05) is 18.2 Å². The zero-order valence-corrected chi connectivity index (χ0v) is 12.5. The first-order chi connectivity index (χ1) is 9.43. The van der Waals surface area contributed by atoms with Crippen molar-refractivity contribution < 1.29 is 13.2 Å². The van der Waals surface area contributed by atoms with E-state index in [0.717, 1.165) is 11.8 Å². The third kappa shape index (κ3) is 2.66. The van der Waals surface area contributed by atoms with Gasteiger partial charge in [0.25, 0.3) is 0 Å². The van der Waals surface area contributed by atoms with Gasteiger partial charge in [-0.3, -0.25) is 4.79 Å². The van der Waals surface area contributed by atoms with E-state index in [1.807, 2.05) is 0 Å². The molecule has 4 heteroatoms. The average molecular weight is 292 g/mol. The van der Waals surface area contributed by atoms with Crippen molar-refractivity contribution in [1.82, 2.24) is 0 Å². The third-order valence-electron chi connectivity index (χ3n) is 4.94. The maximum absolute atomic E-state index is 12.3. The van der Waals surface area contributed by atoms with E-state index < -0.39 is 9.84 Å². The number of Topliss-reactive ketones (excluding diaryl/α,β-unsaturated/α-hetero) is 1. The molecular formula is C16H20O3S. The van der Waals surface area contributed by atoms with Crippen LogP contribution in [0, 0.1) is 17.8 Å². The van der Waals surface area contributed by atoms with Crippen LogP contribution in [0.1, 0.15) is 42.5 Å². The smallest absolute Gasteiger partial charge is 0.175 e. The van der Waals surface area contributed by atoms with Crippen molar-refractivity contribution in [2.45, 2.75) is 37.0 Å². The Bertz CT molecular complexity index is 616. The Labute approximate surface area is 120 Å². The number of carbonyl (C=O) groups is 1. The van der Waals surface area contributed by atoms with Crippen molar-refractivity contribution in [3.63, 3.8) is 0 Å². The number of sulfone groups is 1. The highest BCUT2D eigenvalue weighted by Gasteiger charge is 2.40. The van der Waals surface area contributed by atoms with E-state index in [2.05, 4.69) is 0 Å². The second-order valence-electron chi connectivity index (χ2n) is 6.36. The fourth-order valence-electron chi connectivity index (χ4n) is 3.87. The molecule has 1 aromatic carbocycles. The van der Waals surface area contributed by atoms with Gasteiger partial charge in [0.15, 0.2) is 15.6 Å². The van der Waals surface area contributed by atoms with Crippen LogP contribution in [-0.4, -0.2) is 20.5 Å². The zero-order chi connectivity index (χ0) is 14.3. The van der Waals surface area contributed by atoms with E-state index in [9.17, 15) is 13.2 Å². The average Bonchev–Trinajstić information content (AvgIpc) is 3.00. The molecule has 108 valence electrons. The lowest BCUT2D eigenvalue weighted by atomic mass is 9.84. The first kappa shape index (κ1) is 13.8. The normalized spacial score (nSPS) is 28.8. The van der Waals surface area contributed by atoms with Crippen LogP contribution in [0.4, 0.5) is 0 Å². The highest BCUT2D eigenvalue weighted by atomic mass is 32.2. The zero-order valence-electron chi connectivity index (χ0n) is 11.7. The van der Waals surface area contributed by atoms with Crippen molar-refractivity contribution >= 4 is 15.6 Å².